The van der Waals surface area contributed by atoms with Crippen molar-refractivity contribution in [2.45, 2.75) is 32.0 Å². The van der Waals surface area contributed by atoms with Crippen molar-refractivity contribution < 1.29 is 14.3 Å². The number of hydrogen-bond acceptors (Lipinski definition) is 3. The molecule has 1 atom stereocenters. The van der Waals surface area contributed by atoms with Crippen LogP contribution >= 0.6 is 0 Å². The van der Waals surface area contributed by atoms with Crippen molar-refractivity contribution in [1.29, 1.82) is 0 Å². The molecule has 0 aromatic heterocycles. The number of carbonyl (C=O) groups is 1. The molecule has 0 amide bonds. The summed E-state index contributed by atoms with van der Waals surface area (Å²) >= 11 is 0. The van der Waals surface area contributed by atoms with E-state index in [2.05, 4.69) is 6.58 Å². The SMILES string of the molecule is C=CCC(=O)OC1CCCCO1. The van der Waals surface area contributed by atoms with Gasteiger partial charge in [0.25, 0.3) is 0 Å². The van der Waals surface area contributed by atoms with Crippen molar-refractivity contribution in [3.05, 3.63) is 12.7 Å². The van der Waals surface area contributed by atoms with Crippen molar-refractivity contribution in [2.24, 2.45) is 0 Å². The summed E-state index contributed by atoms with van der Waals surface area (Å²) in [5, 5.41) is 0. The smallest absolute Gasteiger partial charge is 0.311 e. The molecule has 1 aliphatic heterocycles. The maximum atomic E-state index is 10.9. The predicted molar refractivity (Wildman–Crippen MR) is 44.5 cm³/mol. The Balaban J connectivity index is 2.19. The lowest BCUT2D eigenvalue weighted by Gasteiger charge is -2.21. The second-order valence-corrected chi connectivity index (χ2v) is 2.78. The van der Waals surface area contributed by atoms with Crippen LogP contribution in [0.4, 0.5) is 0 Å². The fourth-order valence-electron chi connectivity index (χ4n) is 1.12. The molecule has 1 unspecified atom stereocenters. The highest BCUT2D eigenvalue weighted by Crippen LogP contribution is 2.14. The third-order valence-corrected chi connectivity index (χ3v) is 1.71. The van der Waals surface area contributed by atoms with E-state index in [1.54, 1.807) is 0 Å². The molecule has 68 valence electrons. The van der Waals surface area contributed by atoms with Crippen LogP contribution in [-0.2, 0) is 14.3 Å². The minimum atomic E-state index is -0.314. The molecule has 0 N–H and O–H groups in total. The lowest BCUT2D eigenvalue weighted by Crippen LogP contribution is -2.24. The van der Waals surface area contributed by atoms with Gasteiger partial charge in [0.2, 0.25) is 6.29 Å². The molecule has 1 heterocycles. The standard InChI is InChI=1S/C9H14O3/c1-2-5-8(10)12-9-6-3-4-7-11-9/h2,9H,1,3-7H2. The van der Waals surface area contributed by atoms with E-state index >= 15 is 0 Å². The number of carbonyl (C=O) groups excluding carboxylic acids is 1. The highest BCUT2D eigenvalue weighted by molar-refractivity contribution is 5.71. The molecular formula is C9H14O3. The Hall–Kier alpha value is -0.830. The van der Waals surface area contributed by atoms with E-state index < -0.39 is 0 Å². The topological polar surface area (TPSA) is 35.5 Å². The molecule has 0 bridgehead atoms. The fraction of sp³-hybridized carbons (Fsp3) is 0.667. The van der Waals surface area contributed by atoms with Gasteiger partial charge in [0.1, 0.15) is 0 Å². The molecule has 0 radical (unpaired) electrons. The third kappa shape index (κ3) is 3.05. The molecule has 0 spiro atoms. The molecule has 0 aromatic carbocycles. The normalized spacial score (nSPS) is 23.2. The number of ether oxygens (including phenoxy) is 2. The van der Waals surface area contributed by atoms with E-state index in [4.69, 9.17) is 9.47 Å². The van der Waals surface area contributed by atoms with Gasteiger partial charge in [-0.1, -0.05) is 6.08 Å². The van der Waals surface area contributed by atoms with Gasteiger partial charge in [-0.25, -0.2) is 0 Å². The van der Waals surface area contributed by atoms with Gasteiger partial charge in [-0.15, -0.1) is 6.58 Å². The first kappa shape index (κ1) is 9.26. The van der Waals surface area contributed by atoms with E-state index in [-0.39, 0.29) is 18.7 Å². The minimum Gasteiger partial charge on any atom is -0.436 e. The molecule has 3 heteroatoms. The number of rotatable bonds is 3. The van der Waals surface area contributed by atoms with Crippen molar-refractivity contribution in [1.82, 2.24) is 0 Å². The lowest BCUT2D eigenvalue weighted by molar-refractivity contribution is -0.185. The Bertz CT molecular complexity index is 159. The van der Waals surface area contributed by atoms with Crippen LogP contribution in [0.5, 0.6) is 0 Å². The number of hydrogen-bond donors (Lipinski definition) is 0. The maximum absolute atomic E-state index is 10.9. The Kier molecular flexibility index (Phi) is 3.80. The molecular weight excluding hydrogens is 156 g/mol. The summed E-state index contributed by atoms with van der Waals surface area (Å²) in [5.74, 6) is -0.253. The predicted octanol–water partition coefficient (Wildman–Crippen LogP) is 1.63. The van der Waals surface area contributed by atoms with Gasteiger partial charge in [0, 0.05) is 6.42 Å². The summed E-state index contributed by atoms with van der Waals surface area (Å²) in [4.78, 5) is 10.9. The Morgan fingerprint density at radius 2 is 2.50 bits per heavy atom. The average Bonchev–Trinajstić information content (AvgIpc) is 2.06. The largest absolute Gasteiger partial charge is 0.436 e. The molecule has 3 nitrogen and oxygen atoms in total. The number of esters is 1. The summed E-state index contributed by atoms with van der Waals surface area (Å²) in [6.07, 6.45) is 4.45. The molecule has 0 saturated carbocycles. The first-order chi connectivity index (χ1) is 5.83. The van der Waals surface area contributed by atoms with Crippen LogP contribution in [-0.4, -0.2) is 18.9 Å². The van der Waals surface area contributed by atoms with Crippen LogP contribution in [0.3, 0.4) is 0 Å². The summed E-state index contributed by atoms with van der Waals surface area (Å²) in [5.41, 5.74) is 0. The first-order valence-corrected chi connectivity index (χ1v) is 4.25. The zero-order chi connectivity index (χ0) is 8.81. The van der Waals surface area contributed by atoms with Crippen LogP contribution in [0, 0.1) is 0 Å². The van der Waals surface area contributed by atoms with Crippen molar-refractivity contribution in [3.63, 3.8) is 0 Å². The van der Waals surface area contributed by atoms with Crippen LogP contribution in [0.15, 0.2) is 12.7 Å². The van der Waals surface area contributed by atoms with Crippen LogP contribution in [0.1, 0.15) is 25.7 Å². The summed E-state index contributed by atoms with van der Waals surface area (Å²) < 4.78 is 10.2. The minimum absolute atomic E-state index is 0.253. The molecule has 0 aromatic rings. The van der Waals surface area contributed by atoms with Crippen molar-refractivity contribution >= 4 is 5.97 Å². The highest BCUT2D eigenvalue weighted by atomic mass is 16.7. The molecule has 1 saturated heterocycles. The van der Waals surface area contributed by atoms with Crippen LogP contribution < -0.4 is 0 Å². The van der Waals surface area contributed by atoms with Gasteiger partial charge < -0.3 is 9.47 Å². The summed E-state index contributed by atoms with van der Waals surface area (Å²) in [6, 6.07) is 0. The zero-order valence-corrected chi connectivity index (χ0v) is 7.12. The van der Waals surface area contributed by atoms with Gasteiger partial charge in [0.15, 0.2) is 0 Å². The summed E-state index contributed by atoms with van der Waals surface area (Å²) in [7, 11) is 0. The van der Waals surface area contributed by atoms with Gasteiger partial charge in [-0.2, -0.15) is 0 Å². The lowest BCUT2D eigenvalue weighted by atomic mass is 10.2. The van der Waals surface area contributed by atoms with Gasteiger partial charge in [-0.05, 0) is 12.8 Å². The molecule has 12 heavy (non-hydrogen) atoms. The quantitative estimate of drug-likeness (QED) is 0.477. The molecule has 1 fully saturated rings. The second kappa shape index (κ2) is 4.93. The monoisotopic (exact) mass is 170 g/mol. The van der Waals surface area contributed by atoms with Crippen LogP contribution in [0.25, 0.3) is 0 Å². The van der Waals surface area contributed by atoms with E-state index in [0.29, 0.717) is 6.61 Å². The average molecular weight is 170 g/mol. The maximum Gasteiger partial charge on any atom is 0.311 e. The first-order valence-electron chi connectivity index (χ1n) is 4.25. The zero-order valence-electron chi connectivity index (χ0n) is 7.12. The Morgan fingerprint density at radius 1 is 1.67 bits per heavy atom. The Morgan fingerprint density at radius 3 is 3.08 bits per heavy atom. The summed E-state index contributed by atoms with van der Waals surface area (Å²) in [6.45, 7) is 4.15. The van der Waals surface area contributed by atoms with Gasteiger partial charge >= 0.3 is 5.97 Å². The van der Waals surface area contributed by atoms with Crippen molar-refractivity contribution in [2.75, 3.05) is 6.61 Å². The van der Waals surface area contributed by atoms with Gasteiger partial charge in [-0.3, -0.25) is 4.79 Å². The molecule has 1 rings (SSSR count). The second-order valence-electron chi connectivity index (χ2n) is 2.78. The van der Waals surface area contributed by atoms with E-state index in [1.807, 2.05) is 0 Å². The third-order valence-electron chi connectivity index (χ3n) is 1.71. The van der Waals surface area contributed by atoms with E-state index in [1.165, 1.54) is 6.08 Å². The molecule has 0 aliphatic carbocycles. The van der Waals surface area contributed by atoms with Crippen molar-refractivity contribution in [3.8, 4) is 0 Å². The van der Waals surface area contributed by atoms with E-state index in [0.717, 1.165) is 19.3 Å². The van der Waals surface area contributed by atoms with Gasteiger partial charge in [0.05, 0.1) is 13.0 Å². The highest BCUT2D eigenvalue weighted by Gasteiger charge is 2.16. The fourth-order valence-corrected chi connectivity index (χ4v) is 1.12. The van der Waals surface area contributed by atoms with E-state index in [9.17, 15) is 4.79 Å². The Labute approximate surface area is 72.4 Å². The van der Waals surface area contributed by atoms with Crippen LogP contribution in [0.2, 0.25) is 0 Å². The molecule has 1 aliphatic rings.